The van der Waals surface area contributed by atoms with Gasteiger partial charge in [-0.15, -0.1) is 0 Å². The minimum absolute atomic E-state index is 1.06. The van der Waals surface area contributed by atoms with Crippen molar-refractivity contribution in [2.24, 2.45) is 21.1 Å². The second-order valence-corrected chi connectivity index (χ2v) is 8.99. The quantitative estimate of drug-likeness (QED) is 0.270. The molecular weight excluding hydrogens is 479 g/mol. The summed E-state index contributed by atoms with van der Waals surface area (Å²) in [5.74, 6) is 0. The summed E-state index contributed by atoms with van der Waals surface area (Å²) < 4.78 is 12.5. The lowest BCUT2D eigenvalue weighted by Crippen LogP contribution is -2.56. The van der Waals surface area contributed by atoms with Crippen LogP contribution in [0.15, 0.2) is 80.4 Å². The molecule has 208 valence electrons. The molecule has 9 nitrogen and oxygen atoms in total. The van der Waals surface area contributed by atoms with Crippen molar-refractivity contribution in [3.63, 3.8) is 0 Å². The normalized spacial score (nSPS) is 11.2. The molecule has 4 aromatic rings. The molecular formula is C28H45BN6O3. The van der Waals surface area contributed by atoms with Gasteiger partial charge in [0.25, 0.3) is 0 Å². The summed E-state index contributed by atoms with van der Waals surface area (Å²) in [4.78, 5) is 0. The lowest BCUT2D eigenvalue weighted by atomic mass is 9.92. The van der Waals surface area contributed by atoms with Crippen LogP contribution in [0.1, 0.15) is 44.7 Å². The molecule has 10 heteroatoms. The summed E-state index contributed by atoms with van der Waals surface area (Å²) >= 11 is 0. The first-order valence-electron chi connectivity index (χ1n) is 13.3. The molecule has 0 unspecified atom stereocenters. The molecule has 0 amide bonds. The van der Waals surface area contributed by atoms with Crippen LogP contribution in [-0.2, 0) is 53.6 Å². The molecule has 0 aliphatic heterocycles. The number of rotatable bonds is 3. The smallest absolute Gasteiger partial charge is 0.243 e. The van der Waals surface area contributed by atoms with Crippen molar-refractivity contribution >= 4 is 7.32 Å². The van der Waals surface area contributed by atoms with Gasteiger partial charge in [0.15, 0.2) is 0 Å². The predicted octanol–water partition coefficient (Wildman–Crippen LogP) is -0.385. The van der Waals surface area contributed by atoms with Gasteiger partial charge in [-0.05, 0) is 57.6 Å². The molecule has 0 saturated heterocycles. The summed E-state index contributed by atoms with van der Waals surface area (Å²) in [7, 11) is 3.14. The van der Waals surface area contributed by atoms with Gasteiger partial charge in [0.2, 0.25) is 19.0 Å². The molecule has 0 fully saturated rings. The Morgan fingerprint density at radius 1 is 0.632 bits per heavy atom. The first kappa shape index (κ1) is 32.8. The van der Waals surface area contributed by atoms with Crippen LogP contribution in [-0.4, -0.2) is 21.0 Å². The van der Waals surface area contributed by atoms with Crippen LogP contribution in [0.4, 0.5) is 0 Å². The third-order valence-corrected chi connectivity index (χ3v) is 5.83. The van der Waals surface area contributed by atoms with E-state index >= 15 is 0 Å². The van der Waals surface area contributed by atoms with E-state index in [2.05, 4.69) is 96.3 Å². The Kier molecular flexibility index (Phi) is 16.4. The van der Waals surface area contributed by atoms with Gasteiger partial charge in [-0.3, -0.25) is 7.32 Å². The fourth-order valence-corrected chi connectivity index (χ4v) is 3.74. The Morgan fingerprint density at radius 3 is 1.11 bits per heavy atom. The summed E-state index contributed by atoms with van der Waals surface area (Å²) in [6.45, 7) is 9.54. The highest BCUT2D eigenvalue weighted by atomic mass is 16.5. The van der Waals surface area contributed by atoms with Gasteiger partial charge in [-0.2, -0.15) is 0 Å². The zero-order chi connectivity index (χ0) is 28.3. The van der Waals surface area contributed by atoms with E-state index in [1.807, 2.05) is 53.4 Å². The molecule has 5 rings (SSSR count). The molecule has 0 radical (unpaired) electrons. The summed E-state index contributed by atoms with van der Waals surface area (Å²) in [6, 6.07) is 8.80. The van der Waals surface area contributed by atoms with Crippen LogP contribution >= 0.6 is 0 Å². The fraction of sp³-hybridized carbons (Fsp3) is 0.464. The van der Waals surface area contributed by atoms with Crippen LogP contribution in [0.3, 0.4) is 0 Å². The minimum atomic E-state index is -2.92. The fourth-order valence-electron chi connectivity index (χ4n) is 3.74. The topological polar surface area (TPSA) is 95.6 Å². The Morgan fingerprint density at radius 2 is 0.921 bits per heavy atom. The molecule has 0 atom stereocenters. The maximum Gasteiger partial charge on any atom is 0.243 e. The average Bonchev–Trinajstić information content (AvgIpc) is 3.65. The standard InChI is InChI=1S/C10H12.3C6H11N2.BO3/c1-2-6-10-8-4-3-7-9(10)5-1;3*1-3-8-5-4-7(2)6-8;2-1(3)4/h1-2,5-6H,3-4,7-8H2;3*4-6H,3H2,1-2H3;/q;3*+1;-3. The largest absolute Gasteiger partial charge is 0.907 e. The van der Waals surface area contributed by atoms with E-state index in [1.54, 1.807) is 11.1 Å². The highest BCUT2D eigenvalue weighted by molar-refractivity contribution is 6.24. The number of hydrogen-bond acceptors (Lipinski definition) is 3. The van der Waals surface area contributed by atoms with E-state index in [9.17, 15) is 0 Å². The third-order valence-electron chi connectivity index (χ3n) is 5.83. The lowest BCUT2D eigenvalue weighted by Gasteiger charge is -2.35. The van der Waals surface area contributed by atoms with E-state index in [1.165, 1.54) is 25.7 Å². The van der Waals surface area contributed by atoms with Gasteiger partial charge in [0.05, 0.1) is 40.8 Å². The molecule has 1 aromatic carbocycles. The highest BCUT2D eigenvalue weighted by Crippen LogP contribution is 2.19. The molecule has 0 saturated carbocycles. The summed E-state index contributed by atoms with van der Waals surface area (Å²) in [5, 5.41) is 25.2. The first-order valence-corrected chi connectivity index (χ1v) is 13.3. The number of fused-ring (bicyclic) bond motifs is 1. The van der Waals surface area contributed by atoms with Crippen molar-refractivity contribution in [2.75, 3.05) is 0 Å². The molecule has 0 bridgehead atoms. The van der Waals surface area contributed by atoms with Crippen molar-refractivity contribution in [2.45, 2.75) is 66.1 Å². The lowest BCUT2D eigenvalue weighted by molar-refractivity contribution is -0.671. The molecule has 3 aromatic heterocycles. The SMILES string of the molecule is CCn1cc[n+](C)c1.CCn1cc[n+](C)c1.CCn1cc[n+](C)c1.[O-]B([O-])[O-].c1ccc2c(c1)CCCC2. The zero-order valence-corrected chi connectivity index (χ0v) is 23.9. The van der Waals surface area contributed by atoms with Gasteiger partial charge in [0.1, 0.15) is 37.2 Å². The third kappa shape index (κ3) is 14.5. The average molecular weight is 525 g/mol. The number of hydrogen-bond donors (Lipinski definition) is 0. The van der Waals surface area contributed by atoms with Gasteiger partial charge >= 0.3 is 0 Å². The number of aryl methyl sites for hydroxylation is 8. The first-order chi connectivity index (χ1) is 18.2. The van der Waals surface area contributed by atoms with Crippen LogP contribution in [0.2, 0.25) is 0 Å². The number of nitrogens with zero attached hydrogens (tertiary/aromatic N) is 6. The Hall–Kier alpha value is -3.21. The van der Waals surface area contributed by atoms with Gasteiger partial charge < -0.3 is 15.1 Å². The zero-order valence-electron chi connectivity index (χ0n) is 23.9. The minimum Gasteiger partial charge on any atom is -0.907 e. The monoisotopic (exact) mass is 524 g/mol. The second kappa shape index (κ2) is 19.0. The second-order valence-electron chi connectivity index (χ2n) is 8.99. The van der Waals surface area contributed by atoms with Crippen molar-refractivity contribution in [3.8, 4) is 0 Å². The Labute approximate surface area is 228 Å². The van der Waals surface area contributed by atoms with Crippen molar-refractivity contribution in [1.29, 1.82) is 0 Å². The van der Waals surface area contributed by atoms with Crippen molar-refractivity contribution in [3.05, 3.63) is 91.6 Å². The Bertz CT molecular complexity index is 1020. The number of aromatic nitrogens is 6. The molecule has 1 aliphatic carbocycles. The summed E-state index contributed by atoms with van der Waals surface area (Å²) in [6.07, 6.45) is 23.8. The van der Waals surface area contributed by atoms with E-state index in [-0.39, 0.29) is 0 Å². The molecule has 0 spiro atoms. The van der Waals surface area contributed by atoms with E-state index in [0.717, 1.165) is 19.6 Å². The van der Waals surface area contributed by atoms with Crippen LogP contribution < -0.4 is 28.8 Å². The maximum atomic E-state index is 8.42. The highest BCUT2D eigenvalue weighted by Gasteiger charge is 2.06. The molecule has 0 N–H and O–H groups in total. The maximum absolute atomic E-state index is 8.42. The van der Waals surface area contributed by atoms with E-state index in [0.29, 0.717) is 0 Å². The van der Waals surface area contributed by atoms with Crippen LogP contribution in [0, 0.1) is 0 Å². The predicted molar refractivity (Wildman–Crippen MR) is 143 cm³/mol. The Balaban J connectivity index is 0.000000243. The molecule has 1 aliphatic rings. The van der Waals surface area contributed by atoms with Crippen molar-refractivity contribution in [1.82, 2.24) is 13.7 Å². The van der Waals surface area contributed by atoms with Gasteiger partial charge in [-0.25, -0.2) is 27.4 Å². The molecule has 38 heavy (non-hydrogen) atoms. The van der Waals surface area contributed by atoms with Gasteiger partial charge in [0, 0.05) is 0 Å². The van der Waals surface area contributed by atoms with E-state index in [4.69, 9.17) is 15.1 Å². The van der Waals surface area contributed by atoms with E-state index < -0.39 is 7.32 Å². The number of benzene rings is 1. The van der Waals surface area contributed by atoms with Crippen molar-refractivity contribution < 1.29 is 28.8 Å². The van der Waals surface area contributed by atoms with Crippen LogP contribution in [0.25, 0.3) is 0 Å². The van der Waals surface area contributed by atoms with Gasteiger partial charge in [-0.1, -0.05) is 24.3 Å². The van der Waals surface area contributed by atoms with Crippen LogP contribution in [0.5, 0.6) is 0 Å². The summed E-state index contributed by atoms with van der Waals surface area (Å²) in [5.41, 5.74) is 3.16. The number of imidazole rings is 3. The molecule has 3 heterocycles.